The van der Waals surface area contributed by atoms with Gasteiger partial charge in [0, 0.05) is 6.42 Å². The summed E-state index contributed by atoms with van der Waals surface area (Å²) >= 11 is 0. The van der Waals surface area contributed by atoms with Crippen molar-refractivity contribution in [2.75, 3.05) is 19.7 Å². The first kappa shape index (κ1) is 14.8. The Balaban J connectivity index is 1.62. The summed E-state index contributed by atoms with van der Waals surface area (Å²) in [6.45, 7) is 4.82. The van der Waals surface area contributed by atoms with Gasteiger partial charge in [-0.3, -0.25) is 4.79 Å². The van der Waals surface area contributed by atoms with Crippen molar-refractivity contribution < 1.29 is 9.53 Å². The maximum absolute atomic E-state index is 11.3. The number of rotatable bonds is 5. The quantitative estimate of drug-likeness (QED) is 0.777. The van der Waals surface area contributed by atoms with Gasteiger partial charge in [0.05, 0.1) is 6.61 Å². The number of piperidine rings is 1. The molecule has 0 radical (unpaired) electrons. The van der Waals surface area contributed by atoms with Gasteiger partial charge in [-0.2, -0.15) is 0 Å². The molecule has 2 fully saturated rings. The van der Waals surface area contributed by atoms with E-state index in [-0.39, 0.29) is 5.97 Å². The molecule has 1 N–H and O–H groups in total. The smallest absolute Gasteiger partial charge is 0.305 e. The maximum Gasteiger partial charge on any atom is 0.305 e. The summed E-state index contributed by atoms with van der Waals surface area (Å²) < 4.78 is 4.98. The molecule has 1 heterocycles. The Labute approximate surface area is 117 Å². The van der Waals surface area contributed by atoms with Gasteiger partial charge in [0.1, 0.15) is 0 Å². The van der Waals surface area contributed by atoms with Gasteiger partial charge in [0.2, 0.25) is 0 Å². The Morgan fingerprint density at radius 1 is 1.21 bits per heavy atom. The number of ether oxygens (including phenoxy) is 1. The second-order valence-corrected chi connectivity index (χ2v) is 6.39. The molecule has 110 valence electrons. The SMILES string of the molecule is CCOC(=O)CCCC1CCC2(CCNCC2)CC1. The van der Waals surface area contributed by atoms with Crippen molar-refractivity contribution in [2.45, 2.75) is 64.7 Å². The molecule has 1 aliphatic heterocycles. The Kier molecular flexibility index (Phi) is 5.68. The second-order valence-electron chi connectivity index (χ2n) is 6.39. The highest BCUT2D eigenvalue weighted by atomic mass is 16.5. The fourth-order valence-corrected chi connectivity index (χ4v) is 3.80. The van der Waals surface area contributed by atoms with Crippen molar-refractivity contribution in [1.82, 2.24) is 5.32 Å². The van der Waals surface area contributed by atoms with Crippen LogP contribution in [0.4, 0.5) is 0 Å². The van der Waals surface area contributed by atoms with Gasteiger partial charge in [0.25, 0.3) is 0 Å². The Bertz CT molecular complexity index is 274. The minimum atomic E-state index is -0.0202. The molecule has 1 spiro atoms. The van der Waals surface area contributed by atoms with E-state index in [2.05, 4.69) is 5.32 Å². The van der Waals surface area contributed by atoms with E-state index in [9.17, 15) is 4.79 Å². The fourth-order valence-electron chi connectivity index (χ4n) is 3.80. The number of hydrogen-bond acceptors (Lipinski definition) is 3. The standard InChI is InChI=1S/C16H29NO2/c1-2-19-15(18)5-3-4-14-6-8-16(9-7-14)10-12-17-13-11-16/h14,17H,2-13H2,1H3. The topological polar surface area (TPSA) is 38.3 Å². The van der Waals surface area contributed by atoms with E-state index >= 15 is 0 Å². The number of carbonyl (C=O) groups is 1. The van der Waals surface area contributed by atoms with Crippen molar-refractivity contribution in [3.05, 3.63) is 0 Å². The summed E-state index contributed by atoms with van der Waals surface area (Å²) in [6.07, 6.45) is 11.2. The van der Waals surface area contributed by atoms with Gasteiger partial charge in [0.15, 0.2) is 0 Å². The molecule has 0 unspecified atom stereocenters. The molecule has 1 aliphatic carbocycles. The molecule has 2 rings (SSSR count). The van der Waals surface area contributed by atoms with Crippen molar-refractivity contribution in [3.63, 3.8) is 0 Å². The van der Waals surface area contributed by atoms with E-state index in [4.69, 9.17) is 4.74 Å². The predicted octanol–water partition coefficient (Wildman–Crippen LogP) is 3.28. The summed E-state index contributed by atoms with van der Waals surface area (Å²) in [5.74, 6) is 0.836. The van der Waals surface area contributed by atoms with Crippen LogP contribution in [0.15, 0.2) is 0 Å². The lowest BCUT2D eigenvalue weighted by Gasteiger charge is -2.43. The van der Waals surface area contributed by atoms with Crippen LogP contribution in [0, 0.1) is 11.3 Å². The van der Waals surface area contributed by atoms with Crippen LogP contribution in [-0.2, 0) is 9.53 Å². The molecule has 0 bridgehead atoms. The molecule has 0 aromatic rings. The normalized spacial score (nSPS) is 23.4. The maximum atomic E-state index is 11.3. The largest absolute Gasteiger partial charge is 0.466 e. The second kappa shape index (κ2) is 7.28. The van der Waals surface area contributed by atoms with Gasteiger partial charge >= 0.3 is 5.97 Å². The van der Waals surface area contributed by atoms with Crippen LogP contribution >= 0.6 is 0 Å². The molecule has 0 aromatic carbocycles. The van der Waals surface area contributed by atoms with Crippen LogP contribution in [0.2, 0.25) is 0 Å². The van der Waals surface area contributed by atoms with Gasteiger partial charge in [-0.05, 0) is 82.7 Å². The minimum Gasteiger partial charge on any atom is -0.466 e. The van der Waals surface area contributed by atoms with E-state index in [0.717, 1.165) is 12.3 Å². The molecular weight excluding hydrogens is 238 g/mol. The number of hydrogen-bond donors (Lipinski definition) is 1. The van der Waals surface area contributed by atoms with E-state index in [1.165, 1.54) is 58.0 Å². The molecule has 0 aromatic heterocycles. The van der Waals surface area contributed by atoms with E-state index in [1.54, 1.807) is 0 Å². The molecule has 1 saturated heterocycles. The Morgan fingerprint density at radius 2 is 1.89 bits per heavy atom. The lowest BCUT2D eigenvalue weighted by molar-refractivity contribution is -0.143. The fraction of sp³-hybridized carbons (Fsp3) is 0.938. The third-order valence-corrected chi connectivity index (χ3v) is 5.13. The highest BCUT2D eigenvalue weighted by Crippen LogP contribution is 2.46. The van der Waals surface area contributed by atoms with Gasteiger partial charge < -0.3 is 10.1 Å². The van der Waals surface area contributed by atoms with Crippen LogP contribution in [0.5, 0.6) is 0 Å². The summed E-state index contributed by atoms with van der Waals surface area (Å²) in [7, 11) is 0. The van der Waals surface area contributed by atoms with E-state index < -0.39 is 0 Å². The van der Waals surface area contributed by atoms with Crippen LogP contribution in [0.1, 0.15) is 64.7 Å². The zero-order valence-corrected chi connectivity index (χ0v) is 12.4. The average molecular weight is 267 g/mol. The monoisotopic (exact) mass is 267 g/mol. The zero-order chi connectivity index (χ0) is 13.6. The highest BCUT2D eigenvalue weighted by Gasteiger charge is 2.35. The lowest BCUT2D eigenvalue weighted by Crippen LogP contribution is -2.39. The van der Waals surface area contributed by atoms with Crippen molar-refractivity contribution >= 4 is 5.97 Å². The van der Waals surface area contributed by atoms with Crippen LogP contribution in [-0.4, -0.2) is 25.7 Å². The van der Waals surface area contributed by atoms with Gasteiger partial charge in [-0.15, -0.1) is 0 Å². The highest BCUT2D eigenvalue weighted by molar-refractivity contribution is 5.69. The lowest BCUT2D eigenvalue weighted by atomic mass is 9.65. The zero-order valence-electron chi connectivity index (χ0n) is 12.4. The number of esters is 1. The summed E-state index contributed by atoms with van der Waals surface area (Å²) in [5, 5.41) is 3.47. The van der Waals surface area contributed by atoms with Crippen LogP contribution < -0.4 is 5.32 Å². The van der Waals surface area contributed by atoms with Crippen molar-refractivity contribution in [2.24, 2.45) is 11.3 Å². The first-order valence-corrected chi connectivity index (χ1v) is 8.10. The first-order valence-electron chi connectivity index (χ1n) is 8.10. The van der Waals surface area contributed by atoms with Crippen molar-refractivity contribution in [3.8, 4) is 0 Å². The molecule has 0 amide bonds. The van der Waals surface area contributed by atoms with E-state index in [1.807, 2.05) is 6.92 Å². The molecule has 2 aliphatic rings. The summed E-state index contributed by atoms with van der Waals surface area (Å²) in [6, 6.07) is 0. The van der Waals surface area contributed by atoms with Gasteiger partial charge in [-0.25, -0.2) is 0 Å². The molecule has 0 atom stereocenters. The average Bonchev–Trinajstić information content (AvgIpc) is 2.43. The minimum absolute atomic E-state index is 0.0202. The summed E-state index contributed by atoms with van der Waals surface area (Å²) in [5.41, 5.74) is 0.670. The van der Waals surface area contributed by atoms with Crippen LogP contribution in [0.25, 0.3) is 0 Å². The Hall–Kier alpha value is -0.570. The van der Waals surface area contributed by atoms with Gasteiger partial charge in [-0.1, -0.05) is 0 Å². The molecule has 1 saturated carbocycles. The third-order valence-electron chi connectivity index (χ3n) is 5.13. The third kappa shape index (κ3) is 4.48. The van der Waals surface area contributed by atoms with Crippen molar-refractivity contribution in [1.29, 1.82) is 0 Å². The molecule has 3 nitrogen and oxygen atoms in total. The number of nitrogens with one attached hydrogen (secondary N) is 1. The molecular formula is C16H29NO2. The van der Waals surface area contributed by atoms with E-state index in [0.29, 0.717) is 18.4 Å². The molecule has 19 heavy (non-hydrogen) atoms. The number of carbonyl (C=O) groups excluding carboxylic acids is 1. The Morgan fingerprint density at radius 3 is 2.53 bits per heavy atom. The van der Waals surface area contributed by atoms with Crippen LogP contribution in [0.3, 0.4) is 0 Å². The molecule has 3 heteroatoms. The first-order chi connectivity index (χ1) is 9.24. The summed E-state index contributed by atoms with van der Waals surface area (Å²) in [4.78, 5) is 11.3. The predicted molar refractivity (Wildman–Crippen MR) is 77.0 cm³/mol.